The molecule has 2 aromatic rings. The molecule has 0 fully saturated rings. The van der Waals surface area contributed by atoms with Crippen LogP contribution in [-0.4, -0.2) is 9.67 Å². The van der Waals surface area contributed by atoms with E-state index in [0.717, 1.165) is 5.56 Å². The minimum atomic E-state index is -0.349. The Morgan fingerprint density at radius 1 is 1.26 bits per heavy atom. The van der Waals surface area contributed by atoms with Gasteiger partial charge in [0.2, 0.25) is 0 Å². The van der Waals surface area contributed by atoms with Crippen LogP contribution in [0.1, 0.15) is 16.7 Å². The topological polar surface area (TPSA) is 66.0 Å². The Bertz CT molecular complexity index is 752. The number of phenolic OH excluding ortho intramolecular Hbond substituents is 1. The van der Waals surface area contributed by atoms with Crippen LogP contribution in [0.15, 0.2) is 29.1 Å². The molecule has 0 aliphatic rings. The van der Waals surface area contributed by atoms with Crippen LogP contribution in [0.5, 0.6) is 5.75 Å². The highest BCUT2D eigenvalue weighted by Gasteiger charge is 2.13. The normalized spacial score (nSPS) is 10.2. The SMILES string of the molecule is Cc1ccc(O)c(-c2cc(C)c(C#N)c(=O)n2C)c1. The number of rotatable bonds is 1. The summed E-state index contributed by atoms with van der Waals surface area (Å²) in [7, 11) is 1.60. The van der Waals surface area contributed by atoms with Crippen molar-refractivity contribution in [2.45, 2.75) is 13.8 Å². The van der Waals surface area contributed by atoms with Crippen LogP contribution >= 0.6 is 0 Å². The van der Waals surface area contributed by atoms with Crippen molar-refractivity contribution in [2.75, 3.05) is 0 Å². The molecule has 19 heavy (non-hydrogen) atoms. The molecule has 0 atom stereocenters. The highest BCUT2D eigenvalue weighted by Crippen LogP contribution is 2.29. The van der Waals surface area contributed by atoms with Gasteiger partial charge in [-0.25, -0.2) is 0 Å². The molecular formula is C15H14N2O2. The number of pyridine rings is 1. The molecule has 0 saturated carbocycles. The van der Waals surface area contributed by atoms with Gasteiger partial charge in [0, 0.05) is 12.6 Å². The van der Waals surface area contributed by atoms with Crippen LogP contribution in [0.25, 0.3) is 11.3 Å². The van der Waals surface area contributed by atoms with E-state index in [0.29, 0.717) is 16.8 Å². The summed E-state index contributed by atoms with van der Waals surface area (Å²) in [6.45, 7) is 3.63. The van der Waals surface area contributed by atoms with Crippen molar-refractivity contribution in [1.82, 2.24) is 4.57 Å². The summed E-state index contributed by atoms with van der Waals surface area (Å²) in [5.74, 6) is 0.115. The molecule has 0 radical (unpaired) electrons. The van der Waals surface area contributed by atoms with Gasteiger partial charge in [0.15, 0.2) is 0 Å². The molecule has 1 aromatic carbocycles. The number of aromatic nitrogens is 1. The number of hydrogen-bond donors (Lipinski definition) is 1. The number of benzene rings is 1. The van der Waals surface area contributed by atoms with Crippen molar-refractivity contribution in [3.63, 3.8) is 0 Å². The van der Waals surface area contributed by atoms with Gasteiger partial charge in [-0.2, -0.15) is 5.26 Å². The van der Waals surface area contributed by atoms with E-state index < -0.39 is 0 Å². The molecule has 4 nitrogen and oxygen atoms in total. The van der Waals surface area contributed by atoms with Crippen molar-refractivity contribution in [1.29, 1.82) is 5.26 Å². The van der Waals surface area contributed by atoms with Crippen LogP contribution in [-0.2, 0) is 7.05 Å². The molecule has 0 aliphatic heterocycles. The summed E-state index contributed by atoms with van der Waals surface area (Å²) in [6, 6.07) is 8.87. The van der Waals surface area contributed by atoms with E-state index in [1.165, 1.54) is 4.57 Å². The monoisotopic (exact) mass is 254 g/mol. The Morgan fingerprint density at radius 2 is 1.95 bits per heavy atom. The van der Waals surface area contributed by atoms with Crippen LogP contribution in [0, 0.1) is 25.2 Å². The smallest absolute Gasteiger partial charge is 0.268 e. The second-order valence-electron chi connectivity index (χ2n) is 4.58. The van der Waals surface area contributed by atoms with Crippen molar-refractivity contribution in [3.8, 4) is 23.1 Å². The summed E-state index contributed by atoms with van der Waals surface area (Å²) < 4.78 is 1.39. The predicted molar refractivity (Wildman–Crippen MR) is 73.0 cm³/mol. The van der Waals surface area contributed by atoms with Crippen molar-refractivity contribution in [2.24, 2.45) is 7.05 Å². The largest absolute Gasteiger partial charge is 0.507 e. The summed E-state index contributed by atoms with van der Waals surface area (Å²) in [4.78, 5) is 12.1. The average Bonchev–Trinajstić information content (AvgIpc) is 2.37. The number of hydrogen-bond acceptors (Lipinski definition) is 3. The first-order valence-corrected chi connectivity index (χ1v) is 5.86. The van der Waals surface area contributed by atoms with Crippen LogP contribution in [0.3, 0.4) is 0 Å². The number of nitriles is 1. The van der Waals surface area contributed by atoms with Gasteiger partial charge in [-0.05, 0) is 37.6 Å². The third-order valence-corrected chi connectivity index (χ3v) is 3.17. The van der Waals surface area contributed by atoms with Gasteiger partial charge in [0.1, 0.15) is 17.4 Å². The summed E-state index contributed by atoms with van der Waals surface area (Å²) in [5.41, 5.74) is 2.58. The lowest BCUT2D eigenvalue weighted by molar-refractivity contribution is 0.476. The van der Waals surface area contributed by atoms with Gasteiger partial charge in [-0.3, -0.25) is 4.79 Å². The Labute approximate surface area is 111 Å². The molecule has 4 heteroatoms. The molecule has 0 amide bonds. The Hall–Kier alpha value is -2.54. The first kappa shape index (κ1) is 12.9. The summed E-state index contributed by atoms with van der Waals surface area (Å²) >= 11 is 0. The van der Waals surface area contributed by atoms with Crippen molar-refractivity contribution in [3.05, 3.63) is 51.3 Å². The van der Waals surface area contributed by atoms with Gasteiger partial charge < -0.3 is 9.67 Å². The molecule has 1 aromatic heterocycles. The Balaban J connectivity index is 2.82. The Morgan fingerprint density at radius 3 is 2.58 bits per heavy atom. The lowest BCUT2D eigenvalue weighted by Crippen LogP contribution is -2.22. The number of aromatic hydroxyl groups is 1. The third kappa shape index (κ3) is 2.11. The highest BCUT2D eigenvalue weighted by molar-refractivity contribution is 5.69. The zero-order valence-corrected chi connectivity index (χ0v) is 11.1. The molecule has 0 bridgehead atoms. The average molecular weight is 254 g/mol. The molecule has 0 saturated heterocycles. The zero-order chi connectivity index (χ0) is 14.2. The van der Waals surface area contributed by atoms with Gasteiger partial charge in [-0.1, -0.05) is 11.6 Å². The van der Waals surface area contributed by atoms with E-state index >= 15 is 0 Å². The molecule has 1 N–H and O–H groups in total. The molecule has 2 rings (SSSR count). The van der Waals surface area contributed by atoms with E-state index in [2.05, 4.69) is 0 Å². The molecule has 1 heterocycles. The zero-order valence-electron chi connectivity index (χ0n) is 11.1. The minimum absolute atomic E-state index is 0.115. The predicted octanol–water partition coefficient (Wildman–Crippen LogP) is 2.25. The fraction of sp³-hybridized carbons (Fsp3) is 0.200. The molecular weight excluding hydrogens is 240 g/mol. The molecule has 0 spiro atoms. The van der Waals surface area contributed by atoms with Crippen molar-refractivity contribution < 1.29 is 5.11 Å². The highest BCUT2D eigenvalue weighted by atomic mass is 16.3. The maximum Gasteiger partial charge on any atom is 0.268 e. The van der Waals surface area contributed by atoms with E-state index in [-0.39, 0.29) is 16.9 Å². The minimum Gasteiger partial charge on any atom is -0.507 e. The lowest BCUT2D eigenvalue weighted by Gasteiger charge is -2.12. The van der Waals surface area contributed by atoms with Crippen molar-refractivity contribution >= 4 is 0 Å². The van der Waals surface area contributed by atoms with Gasteiger partial charge in [0.25, 0.3) is 5.56 Å². The van der Waals surface area contributed by atoms with Gasteiger partial charge >= 0.3 is 0 Å². The van der Waals surface area contributed by atoms with E-state index in [1.54, 1.807) is 32.2 Å². The second-order valence-corrected chi connectivity index (χ2v) is 4.58. The van der Waals surface area contributed by atoms with E-state index in [4.69, 9.17) is 5.26 Å². The quantitative estimate of drug-likeness (QED) is 0.848. The van der Waals surface area contributed by atoms with Gasteiger partial charge in [-0.15, -0.1) is 0 Å². The molecule has 96 valence electrons. The standard InChI is InChI=1S/C15H14N2O2/c1-9-4-5-14(18)11(6-9)13-7-10(2)12(8-16)15(19)17(13)3/h4-7,18H,1-3H3. The van der Waals surface area contributed by atoms with Crippen LogP contribution in [0.2, 0.25) is 0 Å². The van der Waals surface area contributed by atoms with Crippen LogP contribution in [0.4, 0.5) is 0 Å². The second kappa shape index (κ2) is 4.62. The lowest BCUT2D eigenvalue weighted by atomic mass is 10.0. The van der Waals surface area contributed by atoms with Gasteiger partial charge in [0.05, 0.1) is 5.69 Å². The fourth-order valence-corrected chi connectivity index (χ4v) is 2.07. The number of phenols is 1. The van der Waals surface area contributed by atoms with E-state index in [9.17, 15) is 9.90 Å². The third-order valence-electron chi connectivity index (χ3n) is 3.17. The first-order valence-electron chi connectivity index (χ1n) is 5.86. The number of nitrogens with zero attached hydrogens (tertiary/aromatic N) is 2. The summed E-state index contributed by atoms with van der Waals surface area (Å²) in [6.07, 6.45) is 0. The Kier molecular flexibility index (Phi) is 3.14. The fourth-order valence-electron chi connectivity index (χ4n) is 2.07. The first-order chi connectivity index (χ1) is 8.95. The molecule has 0 aliphatic carbocycles. The maximum atomic E-state index is 12.1. The van der Waals surface area contributed by atoms with Crippen LogP contribution < -0.4 is 5.56 Å². The maximum absolute atomic E-state index is 12.1. The molecule has 0 unspecified atom stereocenters. The summed E-state index contributed by atoms with van der Waals surface area (Å²) in [5, 5.41) is 18.9. The van der Waals surface area contributed by atoms with E-state index in [1.807, 2.05) is 19.1 Å². The number of aryl methyl sites for hydroxylation is 2.